The van der Waals surface area contributed by atoms with Crippen LogP contribution in [0.5, 0.6) is 0 Å². The number of allylic oxidation sites excluding steroid dienone is 1. The number of hydrogen-bond donors (Lipinski definition) is 1. The first-order valence-corrected chi connectivity index (χ1v) is 5.96. The Hall–Kier alpha value is 0.0500. The predicted molar refractivity (Wildman–Crippen MR) is 53.4 cm³/mol. The van der Waals surface area contributed by atoms with Crippen molar-refractivity contribution in [1.29, 1.82) is 0 Å². The highest BCUT2D eigenvalue weighted by atomic mass is 32.2. The summed E-state index contributed by atoms with van der Waals surface area (Å²) in [6, 6.07) is 0. The summed E-state index contributed by atoms with van der Waals surface area (Å²) in [4.78, 5) is 0. The molecule has 1 fully saturated rings. The molecule has 0 aromatic carbocycles. The van der Waals surface area contributed by atoms with Crippen molar-refractivity contribution in [2.45, 2.75) is 37.7 Å². The van der Waals surface area contributed by atoms with E-state index in [0.29, 0.717) is 0 Å². The molecule has 0 spiro atoms. The van der Waals surface area contributed by atoms with Crippen LogP contribution in [-0.4, -0.2) is 22.2 Å². The Bertz CT molecular complexity index is 192. The number of hydrogen-bond acceptors (Lipinski definition) is 2. The van der Waals surface area contributed by atoms with E-state index in [0.717, 1.165) is 24.3 Å². The van der Waals surface area contributed by atoms with Crippen LogP contribution < -0.4 is 0 Å². The van der Waals surface area contributed by atoms with Gasteiger partial charge in [0.2, 0.25) is 0 Å². The highest BCUT2D eigenvalue weighted by molar-refractivity contribution is 7.99. The van der Waals surface area contributed by atoms with Crippen molar-refractivity contribution in [3.05, 3.63) is 11.6 Å². The lowest BCUT2D eigenvalue weighted by molar-refractivity contribution is 0.101. The van der Waals surface area contributed by atoms with Crippen LogP contribution >= 0.6 is 11.8 Å². The van der Waals surface area contributed by atoms with Crippen LogP contribution in [0.25, 0.3) is 0 Å². The highest BCUT2D eigenvalue weighted by Crippen LogP contribution is 2.37. The maximum Gasteiger partial charge on any atom is 0.0954 e. The van der Waals surface area contributed by atoms with Gasteiger partial charge in [-0.3, -0.25) is 0 Å². The molecule has 1 unspecified atom stereocenters. The number of rotatable bonds is 1. The van der Waals surface area contributed by atoms with Gasteiger partial charge in [0.05, 0.1) is 5.60 Å². The van der Waals surface area contributed by atoms with Crippen LogP contribution in [0.4, 0.5) is 0 Å². The first kappa shape index (κ1) is 8.64. The van der Waals surface area contributed by atoms with E-state index >= 15 is 0 Å². The highest BCUT2D eigenvalue weighted by Gasteiger charge is 2.35. The lowest BCUT2D eigenvalue weighted by Crippen LogP contribution is -2.31. The lowest BCUT2D eigenvalue weighted by Gasteiger charge is -2.27. The minimum atomic E-state index is -0.412. The van der Waals surface area contributed by atoms with E-state index in [1.807, 2.05) is 11.8 Å². The summed E-state index contributed by atoms with van der Waals surface area (Å²) in [7, 11) is 0. The van der Waals surface area contributed by atoms with Gasteiger partial charge in [-0.15, -0.1) is 0 Å². The zero-order valence-electron chi connectivity index (χ0n) is 7.38. The van der Waals surface area contributed by atoms with Crippen molar-refractivity contribution >= 4 is 11.8 Å². The molecule has 0 radical (unpaired) electrons. The third kappa shape index (κ3) is 1.55. The van der Waals surface area contributed by atoms with Crippen molar-refractivity contribution in [3.8, 4) is 0 Å². The van der Waals surface area contributed by atoms with E-state index in [2.05, 4.69) is 6.08 Å². The quantitative estimate of drug-likeness (QED) is 0.631. The van der Waals surface area contributed by atoms with Crippen LogP contribution in [0.1, 0.15) is 32.1 Å². The number of thioether (sulfide) groups is 1. The van der Waals surface area contributed by atoms with Gasteiger partial charge in [0, 0.05) is 5.75 Å². The minimum Gasteiger partial charge on any atom is -0.385 e. The molecule has 2 rings (SSSR count). The van der Waals surface area contributed by atoms with Crippen molar-refractivity contribution in [2.75, 3.05) is 11.5 Å². The van der Waals surface area contributed by atoms with E-state index in [1.54, 1.807) is 0 Å². The topological polar surface area (TPSA) is 20.2 Å². The van der Waals surface area contributed by atoms with E-state index in [-0.39, 0.29) is 0 Å². The lowest BCUT2D eigenvalue weighted by atomic mass is 9.85. The Labute approximate surface area is 78.2 Å². The van der Waals surface area contributed by atoms with Gasteiger partial charge in [0.15, 0.2) is 0 Å². The molecule has 0 amide bonds. The van der Waals surface area contributed by atoms with Crippen LogP contribution in [0.3, 0.4) is 0 Å². The average Bonchev–Trinajstić information content (AvgIpc) is 2.55. The fraction of sp³-hybridized carbons (Fsp3) is 0.800. The average molecular weight is 184 g/mol. The molecule has 1 N–H and O–H groups in total. The van der Waals surface area contributed by atoms with E-state index in [9.17, 15) is 5.11 Å². The molecule has 12 heavy (non-hydrogen) atoms. The summed E-state index contributed by atoms with van der Waals surface area (Å²) < 4.78 is 0. The first-order chi connectivity index (χ1) is 5.81. The molecule has 0 saturated carbocycles. The van der Waals surface area contributed by atoms with Crippen molar-refractivity contribution < 1.29 is 5.11 Å². The van der Waals surface area contributed by atoms with Gasteiger partial charge in [0.25, 0.3) is 0 Å². The molecular formula is C10H16OS. The standard InChI is InChI=1S/C10H16OS/c11-10(6-7-12-8-10)9-4-2-1-3-5-9/h4,11H,1-3,5-8H2. The van der Waals surface area contributed by atoms with Gasteiger partial charge < -0.3 is 5.11 Å². The molecule has 1 saturated heterocycles. The second-order valence-electron chi connectivity index (χ2n) is 3.81. The van der Waals surface area contributed by atoms with Gasteiger partial charge in [-0.2, -0.15) is 11.8 Å². The monoisotopic (exact) mass is 184 g/mol. The van der Waals surface area contributed by atoms with Crippen molar-refractivity contribution in [3.63, 3.8) is 0 Å². The number of aliphatic hydroxyl groups is 1. The molecular weight excluding hydrogens is 168 g/mol. The molecule has 1 atom stereocenters. The fourth-order valence-corrected chi connectivity index (χ4v) is 3.36. The Balaban J connectivity index is 2.10. The molecule has 68 valence electrons. The van der Waals surface area contributed by atoms with Crippen molar-refractivity contribution in [2.24, 2.45) is 0 Å². The summed E-state index contributed by atoms with van der Waals surface area (Å²) in [5, 5.41) is 10.2. The molecule has 0 aromatic heterocycles. The van der Waals surface area contributed by atoms with E-state index in [1.165, 1.54) is 24.8 Å². The zero-order valence-corrected chi connectivity index (χ0v) is 8.20. The molecule has 1 heterocycles. The molecule has 1 aliphatic carbocycles. The van der Waals surface area contributed by atoms with E-state index in [4.69, 9.17) is 0 Å². The second kappa shape index (κ2) is 3.43. The van der Waals surface area contributed by atoms with Crippen LogP contribution in [0.15, 0.2) is 11.6 Å². The summed E-state index contributed by atoms with van der Waals surface area (Å²) in [6.45, 7) is 0. The smallest absolute Gasteiger partial charge is 0.0954 e. The van der Waals surface area contributed by atoms with Crippen LogP contribution in [0.2, 0.25) is 0 Å². The van der Waals surface area contributed by atoms with Gasteiger partial charge in [-0.1, -0.05) is 6.08 Å². The van der Waals surface area contributed by atoms with Crippen LogP contribution in [-0.2, 0) is 0 Å². The zero-order chi connectivity index (χ0) is 8.44. The SMILES string of the molecule is OC1(C2=CCCCC2)CCSC1. The van der Waals surface area contributed by atoms with Gasteiger partial charge in [-0.05, 0) is 43.4 Å². The van der Waals surface area contributed by atoms with Crippen LogP contribution in [0, 0.1) is 0 Å². The first-order valence-electron chi connectivity index (χ1n) is 4.81. The molecule has 0 bridgehead atoms. The third-order valence-electron chi connectivity index (χ3n) is 2.89. The third-order valence-corrected chi connectivity index (χ3v) is 4.06. The van der Waals surface area contributed by atoms with Gasteiger partial charge in [0.1, 0.15) is 0 Å². The Morgan fingerprint density at radius 3 is 2.92 bits per heavy atom. The Morgan fingerprint density at radius 1 is 1.42 bits per heavy atom. The summed E-state index contributed by atoms with van der Waals surface area (Å²) in [5.41, 5.74) is 0.921. The van der Waals surface area contributed by atoms with Gasteiger partial charge >= 0.3 is 0 Å². The molecule has 2 aliphatic rings. The van der Waals surface area contributed by atoms with Gasteiger partial charge in [-0.25, -0.2) is 0 Å². The molecule has 1 nitrogen and oxygen atoms in total. The Morgan fingerprint density at radius 2 is 2.33 bits per heavy atom. The summed E-state index contributed by atoms with van der Waals surface area (Å²) >= 11 is 1.88. The summed E-state index contributed by atoms with van der Waals surface area (Å²) in [6.07, 6.45) is 8.16. The minimum absolute atomic E-state index is 0.412. The molecule has 2 heteroatoms. The maximum absolute atomic E-state index is 10.2. The summed E-state index contributed by atoms with van der Waals surface area (Å²) in [5.74, 6) is 2.06. The van der Waals surface area contributed by atoms with Crippen molar-refractivity contribution in [1.82, 2.24) is 0 Å². The second-order valence-corrected chi connectivity index (χ2v) is 4.91. The normalized spacial score (nSPS) is 36.6. The fourth-order valence-electron chi connectivity index (χ4n) is 2.07. The largest absolute Gasteiger partial charge is 0.385 e. The molecule has 1 aliphatic heterocycles. The molecule has 0 aromatic rings. The maximum atomic E-state index is 10.2. The van der Waals surface area contributed by atoms with E-state index < -0.39 is 5.60 Å². The Kier molecular flexibility index (Phi) is 2.47. The predicted octanol–water partition coefficient (Wildman–Crippen LogP) is 2.35.